The summed E-state index contributed by atoms with van der Waals surface area (Å²) in [6.07, 6.45) is 0. The molecule has 2 fully saturated rings. The number of amidine groups is 1. The van der Waals surface area contributed by atoms with Crippen LogP contribution in [0.4, 0.5) is 0 Å². The van der Waals surface area contributed by atoms with E-state index in [1.807, 2.05) is 17.0 Å². The monoisotopic (exact) mass is 388 g/mol. The first-order valence-electron chi connectivity index (χ1n) is 7.36. The molecule has 24 heavy (non-hydrogen) atoms. The molecule has 6 nitrogen and oxygen atoms in total. The molecule has 1 aromatic carbocycles. The molecule has 9 heteroatoms. The van der Waals surface area contributed by atoms with Gasteiger partial charge in [-0.2, -0.15) is 4.99 Å². The molecular weight excluding hydrogens is 372 g/mol. The first-order valence-corrected chi connectivity index (χ1v) is 10.4. The van der Waals surface area contributed by atoms with E-state index in [0.717, 1.165) is 5.56 Å². The van der Waals surface area contributed by atoms with Crippen LogP contribution in [0.3, 0.4) is 0 Å². The van der Waals surface area contributed by atoms with Crippen LogP contribution in [0.5, 0.6) is 0 Å². The number of thioether (sulfide) groups is 1. The van der Waals surface area contributed by atoms with Crippen molar-refractivity contribution in [3.05, 3.63) is 34.9 Å². The number of hydrogen-bond donors (Lipinski definition) is 0. The molecule has 0 aromatic heterocycles. The largest absolute Gasteiger partial charge is 0.375 e. The Balaban J connectivity index is 1.86. The van der Waals surface area contributed by atoms with E-state index in [4.69, 9.17) is 16.3 Å². The maximum Gasteiger partial charge on any atom is 0.274 e. The van der Waals surface area contributed by atoms with Gasteiger partial charge in [0.05, 0.1) is 17.5 Å². The molecule has 1 aromatic rings. The number of carbonyl (C=O) groups is 1. The Morgan fingerprint density at radius 3 is 2.75 bits per heavy atom. The second-order valence-electron chi connectivity index (χ2n) is 5.78. The van der Waals surface area contributed by atoms with Gasteiger partial charge in [-0.05, 0) is 17.7 Å². The Kier molecular flexibility index (Phi) is 5.19. The number of amides is 1. The first kappa shape index (κ1) is 17.7. The Bertz CT molecular complexity index is 764. The van der Waals surface area contributed by atoms with Crippen molar-refractivity contribution in [2.75, 3.05) is 25.2 Å². The highest BCUT2D eigenvalue weighted by molar-refractivity contribution is 8.15. The smallest absolute Gasteiger partial charge is 0.274 e. The molecule has 0 radical (unpaired) electrons. The minimum atomic E-state index is -3.05. The Morgan fingerprint density at radius 1 is 1.38 bits per heavy atom. The molecule has 2 saturated heterocycles. The molecule has 2 heterocycles. The third-order valence-corrected chi connectivity index (χ3v) is 7.43. The number of fused-ring (bicyclic) bond motifs is 1. The summed E-state index contributed by atoms with van der Waals surface area (Å²) in [5.41, 5.74) is 0.983. The van der Waals surface area contributed by atoms with Crippen molar-refractivity contribution in [1.82, 2.24) is 4.90 Å². The van der Waals surface area contributed by atoms with Gasteiger partial charge < -0.3 is 9.64 Å². The summed E-state index contributed by atoms with van der Waals surface area (Å²) in [6.45, 7) is 0.395. The van der Waals surface area contributed by atoms with Gasteiger partial charge in [0.1, 0.15) is 6.61 Å². The van der Waals surface area contributed by atoms with Crippen LogP contribution in [-0.2, 0) is 25.9 Å². The fraction of sp³-hybridized carbons (Fsp3) is 0.467. The fourth-order valence-electron chi connectivity index (χ4n) is 2.87. The molecule has 1 amide bonds. The highest BCUT2D eigenvalue weighted by Gasteiger charge is 2.48. The van der Waals surface area contributed by atoms with Gasteiger partial charge in [0.25, 0.3) is 5.91 Å². The van der Waals surface area contributed by atoms with Crippen LogP contribution in [0.25, 0.3) is 0 Å². The average Bonchev–Trinajstić information content (AvgIpc) is 2.95. The van der Waals surface area contributed by atoms with Gasteiger partial charge in [0, 0.05) is 23.9 Å². The summed E-state index contributed by atoms with van der Waals surface area (Å²) in [4.78, 5) is 17.8. The minimum absolute atomic E-state index is 0.0867. The number of nitrogens with zero attached hydrogens (tertiary/aromatic N) is 2. The SMILES string of the molecule is COCC(=O)N=C1S[C@@H]2CS(=O)(=O)C[C@H]2N1Cc1ccc(Cl)cc1. The molecule has 0 saturated carbocycles. The molecule has 2 aliphatic rings. The lowest BCUT2D eigenvalue weighted by Gasteiger charge is -2.24. The fourth-order valence-corrected chi connectivity index (χ4v) is 6.96. The zero-order chi connectivity index (χ0) is 17.3. The van der Waals surface area contributed by atoms with Crippen molar-refractivity contribution in [1.29, 1.82) is 0 Å². The van der Waals surface area contributed by atoms with E-state index in [9.17, 15) is 13.2 Å². The third-order valence-electron chi connectivity index (χ3n) is 3.93. The van der Waals surface area contributed by atoms with Crippen molar-refractivity contribution in [3.8, 4) is 0 Å². The minimum Gasteiger partial charge on any atom is -0.375 e. The predicted molar refractivity (Wildman–Crippen MR) is 95.1 cm³/mol. The van der Waals surface area contributed by atoms with Crippen LogP contribution in [-0.4, -0.2) is 60.9 Å². The van der Waals surface area contributed by atoms with Gasteiger partial charge in [-0.25, -0.2) is 8.42 Å². The number of rotatable bonds is 4. The standard InChI is InChI=1S/C15H17ClN2O4S2/c1-22-7-14(19)17-15-18(6-10-2-4-11(16)5-3-10)12-8-24(20,21)9-13(12)23-15/h2-5,12-13H,6-9H2,1H3/t12-,13-/m1/s1. The number of benzene rings is 1. The van der Waals surface area contributed by atoms with Gasteiger partial charge >= 0.3 is 0 Å². The van der Waals surface area contributed by atoms with Gasteiger partial charge in [0.15, 0.2) is 15.0 Å². The number of carbonyl (C=O) groups excluding carboxylic acids is 1. The number of ether oxygens (including phenoxy) is 1. The van der Waals surface area contributed by atoms with Crippen molar-refractivity contribution < 1.29 is 17.9 Å². The molecule has 3 rings (SSSR count). The van der Waals surface area contributed by atoms with Crippen LogP contribution in [0.2, 0.25) is 5.02 Å². The van der Waals surface area contributed by atoms with Crippen LogP contribution < -0.4 is 0 Å². The number of halogens is 1. The van der Waals surface area contributed by atoms with E-state index in [1.165, 1.54) is 18.9 Å². The number of hydrogen-bond acceptors (Lipinski definition) is 5. The quantitative estimate of drug-likeness (QED) is 0.779. The highest BCUT2D eigenvalue weighted by atomic mass is 35.5. The molecule has 0 N–H and O–H groups in total. The molecule has 2 atom stereocenters. The zero-order valence-corrected chi connectivity index (χ0v) is 15.4. The summed E-state index contributed by atoms with van der Waals surface area (Å²) in [7, 11) is -1.61. The number of methoxy groups -OCH3 is 1. The Hall–Kier alpha value is -1.09. The molecule has 2 aliphatic heterocycles. The van der Waals surface area contributed by atoms with Crippen molar-refractivity contribution in [2.45, 2.75) is 17.8 Å². The maximum atomic E-state index is 11.9. The van der Waals surface area contributed by atoms with Crippen LogP contribution in [0.15, 0.2) is 29.3 Å². The summed E-state index contributed by atoms with van der Waals surface area (Å²) >= 11 is 7.27. The molecular formula is C15H17ClN2O4S2. The van der Waals surface area contributed by atoms with Crippen LogP contribution in [0, 0.1) is 0 Å². The van der Waals surface area contributed by atoms with Crippen molar-refractivity contribution in [2.24, 2.45) is 4.99 Å². The highest BCUT2D eigenvalue weighted by Crippen LogP contribution is 2.39. The molecule has 0 aliphatic carbocycles. The third kappa shape index (κ3) is 3.93. The summed E-state index contributed by atoms with van der Waals surface area (Å²) in [5.74, 6) is -0.156. The second kappa shape index (κ2) is 7.03. The van der Waals surface area contributed by atoms with Crippen LogP contribution in [0.1, 0.15) is 5.56 Å². The lowest BCUT2D eigenvalue weighted by molar-refractivity contribution is -0.121. The van der Waals surface area contributed by atoms with E-state index < -0.39 is 9.84 Å². The summed E-state index contributed by atoms with van der Waals surface area (Å²) in [5, 5.41) is 1.12. The topological polar surface area (TPSA) is 76.0 Å². The van der Waals surface area contributed by atoms with Crippen molar-refractivity contribution in [3.63, 3.8) is 0 Å². The second-order valence-corrected chi connectivity index (χ2v) is 9.57. The molecule has 0 unspecified atom stereocenters. The average molecular weight is 389 g/mol. The molecule has 0 bridgehead atoms. The number of aliphatic imine (C=N–C) groups is 1. The van der Waals surface area contributed by atoms with Gasteiger partial charge in [-0.1, -0.05) is 35.5 Å². The summed E-state index contributed by atoms with van der Waals surface area (Å²) in [6, 6.07) is 7.19. The van der Waals surface area contributed by atoms with E-state index >= 15 is 0 Å². The summed E-state index contributed by atoms with van der Waals surface area (Å²) < 4.78 is 28.7. The van der Waals surface area contributed by atoms with Crippen LogP contribution >= 0.6 is 23.4 Å². The molecule has 130 valence electrons. The van der Waals surface area contributed by atoms with Gasteiger partial charge in [-0.15, -0.1) is 0 Å². The van der Waals surface area contributed by atoms with Gasteiger partial charge in [-0.3, -0.25) is 4.79 Å². The van der Waals surface area contributed by atoms with E-state index in [1.54, 1.807) is 12.1 Å². The Labute approximate surface area is 150 Å². The first-order chi connectivity index (χ1) is 11.4. The lowest BCUT2D eigenvalue weighted by atomic mass is 10.1. The predicted octanol–water partition coefficient (Wildman–Crippen LogP) is 1.58. The lowest BCUT2D eigenvalue weighted by Crippen LogP contribution is -2.37. The Morgan fingerprint density at radius 2 is 2.08 bits per heavy atom. The molecule has 0 spiro atoms. The van der Waals surface area contributed by atoms with E-state index in [0.29, 0.717) is 16.7 Å². The van der Waals surface area contributed by atoms with Gasteiger partial charge in [0.2, 0.25) is 0 Å². The van der Waals surface area contributed by atoms with E-state index in [-0.39, 0.29) is 35.3 Å². The zero-order valence-electron chi connectivity index (χ0n) is 13.0. The number of sulfone groups is 1. The maximum absolute atomic E-state index is 11.9. The van der Waals surface area contributed by atoms with E-state index in [2.05, 4.69) is 4.99 Å². The van der Waals surface area contributed by atoms with Crippen molar-refractivity contribution >= 4 is 44.3 Å². The normalized spacial score (nSPS) is 26.8.